The fraction of sp³-hybridized carbons (Fsp3) is 0.882. The predicted octanol–water partition coefficient (Wildman–Crippen LogP) is 1.51. The fourth-order valence-electron chi connectivity index (χ4n) is 3.69. The van der Waals surface area contributed by atoms with Crippen molar-refractivity contribution in [2.24, 2.45) is 23.5 Å². The summed E-state index contributed by atoms with van der Waals surface area (Å²) in [7, 11) is 0. The molecule has 2 amide bonds. The van der Waals surface area contributed by atoms with Crippen molar-refractivity contribution in [2.75, 3.05) is 19.6 Å². The second-order valence-electron chi connectivity index (χ2n) is 6.97. The highest BCUT2D eigenvalue weighted by Gasteiger charge is 2.33. The van der Waals surface area contributed by atoms with Crippen LogP contribution < -0.4 is 11.1 Å². The molecule has 2 fully saturated rings. The van der Waals surface area contributed by atoms with Crippen molar-refractivity contribution in [3.63, 3.8) is 0 Å². The van der Waals surface area contributed by atoms with E-state index in [9.17, 15) is 9.59 Å². The molecule has 0 spiro atoms. The van der Waals surface area contributed by atoms with Crippen LogP contribution in [0.4, 0.5) is 0 Å². The number of nitrogens with two attached hydrogens (primary N) is 1. The lowest BCUT2D eigenvalue weighted by molar-refractivity contribution is -0.139. The van der Waals surface area contributed by atoms with Crippen molar-refractivity contribution < 1.29 is 9.59 Å². The van der Waals surface area contributed by atoms with Gasteiger partial charge in [-0.3, -0.25) is 9.59 Å². The van der Waals surface area contributed by atoms with Gasteiger partial charge in [0.25, 0.3) is 0 Å². The summed E-state index contributed by atoms with van der Waals surface area (Å²) in [6, 6.07) is 0.234. The van der Waals surface area contributed by atoms with E-state index >= 15 is 0 Å². The molecule has 5 nitrogen and oxygen atoms in total. The summed E-state index contributed by atoms with van der Waals surface area (Å²) in [5.74, 6) is 0.733. The largest absolute Gasteiger partial charge is 0.353 e. The van der Waals surface area contributed by atoms with Crippen molar-refractivity contribution in [3.05, 3.63) is 0 Å². The third-order valence-electron chi connectivity index (χ3n) is 5.43. The van der Waals surface area contributed by atoms with Crippen LogP contribution in [0.15, 0.2) is 0 Å². The van der Waals surface area contributed by atoms with Crippen LogP contribution in [0.1, 0.15) is 52.4 Å². The van der Waals surface area contributed by atoms with Gasteiger partial charge in [0.15, 0.2) is 0 Å². The number of amides is 2. The van der Waals surface area contributed by atoms with Crippen LogP contribution in [0.2, 0.25) is 0 Å². The van der Waals surface area contributed by atoms with Gasteiger partial charge < -0.3 is 16.0 Å². The first kappa shape index (κ1) is 17.3. The number of carbonyl (C=O) groups is 2. The Balaban J connectivity index is 1.88. The maximum atomic E-state index is 12.5. The summed E-state index contributed by atoms with van der Waals surface area (Å²) in [5, 5.41) is 3.20. The minimum Gasteiger partial charge on any atom is -0.353 e. The molecule has 2 rings (SSSR count). The Bertz CT molecular complexity index is 399. The minimum atomic E-state index is -0.0548. The molecule has 0 radical (unpaired) electrons. The van der Waals surface area contributed by atoms with Crippen LogP contribution in [0.25, 0.3) is 0 Å². The number of carbonyl (C=O) groups excluding carboxylic acids is 2. The zero-order chi connectivity index (χ0) is 16.1. The van der Waals surface area contributed by atoms with Crippen molar-refractivity contribution in [1.29, 1.82) is 0 Å². The van der Waals surface area contributed by atoms with Crippen LogP contribution in [0.5, 0.6) is 0 Å². The number of hydrogen-bond acceptors (Lipinski definition) is 3. The topological polar surface area (TPSA) is 75.4 Å². The van der Waals surface area contributed by atoms with E-state index in [4.69, 9.17) is 5.73 Å². The molecular weight excluding hydrogens is 278 g/mol. The highest BCUT2D eigenvalue weighted by Crippen LogP contribution is 2.26. The third-order valence-corrected chi connectivity index (χ3v) is 5.43. The van der Waals surface area contributed by atoms with Crippen molar-refractivity contribution >= 4 is 11.8 Å². The smallest absolute Gasteiger partial charge is 0.225 e. The lowest BCUT2D eigenvalue weighted by Crippen LogP contribution is -2.49. The second kappa shape index (κ2) is 7.95. The molecule has 126 valence electrons. The monoisotopic (exact) mass is 309 g/mol. The van der Waals surface area contributed by atoms with Crippen molar-refractivity contribution in [1.82, 2.24) is 10.2 Å². The summed E-state index contributed by atoms with van der Waals surface area (Å²) in [5.41, 5.74) is 5.78. The van der Waals surface area contributed by atoms with Crippen LogP contribution >= 0.6 is 0 Å². The van der Waals surface area contributed by atoms with E-state index in [0.29, 0.717) is 19.0 Å². The van der Waals surface area contributed by atoms with Crippen LogP contribution in [-0.4, -0.2) is 42.4 Å². The molecule has 0 aromatic carbocycles. The lowest BCUT2D eigenvalue weighted by Gasteiger charge is -2.34. The van der Waals surface area contributed by atoms with E-state index in [1.165, 1.54) is 0 Å². The van der Waals surface area contributed by atoms with Gasteiger partial charge in [0.05, 0.1) is 5.92 Å². The molecule has 1 saturated carbocycles. The predicted molar refractivity (Wildman–Crippen MR) is 87.1 cm³/mol. The van der Waals surface area contributed by atoms with E-state index in [0.717, 1.165) is 45.1 Å². The van der Waals surface area contributed by atoms with Gasteiger partial charge in [-0.15, -0.1) is 0 Å². The first-order valence-electron chi connectivity index (χ1n) is 8.86. The van der Waals surface area contributed by atoms with Crippen LogP contribution in [-0.2, 0) is 9.59 Å². The first-order valence-corrected chi connectivity index (χ1v) is 8.86. The Labute approximate surface area is 134 Å². The number of hydrogen-bond donors (Lipinski definition) is 2. The van der Waals surface area contributed by atoms with Gasteiger partial charge in [-0.1, -0.05) is 20.3 Å². The Morgan fingerprint density at radius 2 is 2.05 bits per heavy atom. The normalized spacial score (nSPS) is 30.1. The van der Waals surface area contributed by atoms with E-state index in [2.05, 4.69) is 5.32 Å². The maximum absolute atomic E-state index is 12.5. The second-order valence-corrected chi connectivity index (χ2v) is 6.97. The first-order chi connectivity index (χ1) is 10.6. The molecule has 4 unspecified atom stereocenters. The van der Waals surface area contributed by atoms with Gasteiger partial charge in [-0.25, -0.2) is 0 Å². The summed E-state index contributed by atoms with van der Waals surface area (Å²) in [6.07, 6.45) is 5.96. The molecule has 2 aliphatic rings. The van der Waals surface area contributed by atoms with E-state index in [1.807, 2.05) is 18.7 Å². The van der Waals surface area contributed by atoms with Gasteiger partial charge in [0.2, 0.25) is 11.8 Å². The van der Waals surface area contributed by atoms with Crippen LogP contribution in [0, 0.1) is 17.8 Å². The lowest BCUT2D eigenvalue weighted by atomic mass is 9.94. The van der Waals surface area contributed by atoms with Gasteiger partial charge >= 0.3 is 0 Å². The molecule has 1 heterocycles. The van der Waals surface area contributed by atoms with E-state index in [1.54, 1.807) is 0 Å². The summed E-state index contributed by atoms with van der Waals surface area (Å²) in [6.45, 7) is 6.02. The molecule has 4 atom stereocenters. The number of rotatable bonds is 5. The van der Waals surface area contributed by atoms with Gasteiger partial charge in [0.1, 0.15) is 0 Å². The molecule has 22 heavy (non-hydrogen) atoms. The van der Waals surface area contributed by atoms with E-state index < -0.39 is 0 Å². The molecule has 0 bridgehead atoms. The van der Waals surface area contributed by atoms with Crippen molar-refractivity contribution in [3.8, 4) is 0 Å². The highest BCUT2D eigenvalue weighted by molar-refractivity contribution is 5.82. The zero-order valence-corrected chi connectivity index (χ0v) is 14.0. The summed E-state index contributed by atoms with van der Waals surface area (Å²) >= 11 is 0. The average Bonchev–Trinajstić information content (AvgIpc) is 3.00. The standard InChI is InChI=1S/C17H31N3O2/c1-3-12(2)17(22)20-9-5-7-14(11-20)16(21)19-15-8-4-6-13(15)10-18/h12-15H,3-11,18H2,1-2H3,(H,19,21). The number of piperidine rings is 1. The van der Waals surface area contributed by atoms with Gasteiger partial charge in [-0.05, 0) is 44.6 Å². The third kappa shape index (κ3) is 4.00. The summed E-state index contributed by atoms with van der Waals surface area (Å²) < 4.78 is 0. The molecule has 1 aliphatic heterocycles. The Morgan fingerprint density at radius 1 is 1.27 bits per heavy atom. The molecule has 0 aromatic heterocycles. The quantitative estimate of drug-likeness (QED) is 0.808. The maximum Gasteiger partial charge on any atom is 0.225 e. The number of nitrogens with zero attached hydrogens (tertiary/aromatic N) is 1. The zero-order valence-electron chi connectivity index (χ0n) is 14.0. The SMILES string of the molecule is CCC(C)C(=O)N1CCCC(C(=O)NC2CCCC2CN)C1. The summed E-state index contributed by atoms with van der Waals surface area (Å²) in [4.78, 5) is 26.7. The molecule has 5 heteroatoms. The Morgan fingerprint density at radius 3 is 2.73 bits per heavy atom. The van der Waals surface area contributed by atoms with Crippen LogP contribution in [0.3, 0.4) is 0 Å². The molecule has 1 saturated heterocycles. The minimum absolute atomic E-state index is 0.0539. The Hall–Kier alpha value is -1.10. The Kier molecular flexibility index (Phi) is 6.24. The molecule has 1 aliphatic carbocycles. The van der Waals surface area contributed by atoms with Gasteiger partial charge in [0, 0.05) is 25.0 Å². The average molecular weight is 309 g/mol. The fourth-order valence-corrected chi connectivity index (χ4v) is 3.69. The highest BCUT2D eigenvalue weighted by atomic mass is 16.2. The molecule has 3 N–H and O–H groups in total. The molecule has 0 aromatic rings. The number of nitrogens with one attached hydrogen (secondary N) is 1. The van der Waals surface area contributed by atoms with E-state index in [-0.39, 0.29) is 29.7 Å². The molecular formula is C17H31N3O2. The van der Waals surface area contributed by atoms with Crippen molar-refractivity contribution in [2.45, 2.75) is 58.4 Å². The number of likely N-dealkylation sites (tertiary alicyclic amines) is 1. The van der Waals surface area contributed by atoms with Gasteiger partial charge in [-0.2, -0.15) is 0 Å².